The van der Waals surface area contributed by atoms with Crippen molar-refractivity contribution in [1.82, 2.24) is 0 Å². The molecule has 0 saturated heterocycles. The number of hydrogen-bond donors (Lipinski definition) is 2. The lowest BCUT2D eigenvalue weighted by Gasteiger charge is -2.11. The lowest BCUT2D eigenvalue weighted by molar-refractivity contribution is 0.1000. The second-order valence-corrected chi connectivity index (χ2v) is 5.45. The van der Waals surface area contributed by atoms with Gasteiger partial charge in [0.05, 0.1) is 10.2 Å². The van der Waals surface area contributed by atoms with Crippen molar-refractivity contribution in [2.45, 2.75) is 6.61 Å². The number of carbonyl (C=O) groups excluding carboxylic acids is 1. The molecule has 0 aromatic heterocycles. The third kappa shape index (κ3) is 3.43. The molecule has 1 amide bonds. The highest BCUT2D eigenvalue weighted by atomic mass is 79.9. The summed E-state index contributed by atoms with van der Waals surface area (Å²) in [6.45, 7) is 0.269. The second-order valence-electron chi connectivity index (χ2n) is 4.16. The highest BCUT2D eigenvalue weighted by Crippen LogP contribution is 2.35. The van der Waals surface area contributed by atoms with Crippen molar-refractivity contribution in [2.24, 2.45) is 5.73 Å². The highest BCUT2D eigenvalue weighted by Gasteiger charge is 2.09. The zero-order chi connectivity index (χ0) is 14.7. The Morgan fingerprint density at radius 1 is 1.30 bits per heavy atom. The van der Waals surface area contributed by atoms with Crippen LogP contribution in [0.1, 0.15) is 15.9 Å². The number of hydrogen-bond acceptors (Lipinski definition) is 3. The molecule has 0 fully saturated rings. The summed E-state index contributed by atoms with van der Waals surface area (Å²) in [6, 6.07) is 10.2. The van der Waals surface area contributed by atoms with Crippen molar-refractivity contribution in [3.63, 3.8) is 0 Å². The Morgan fingerprint density at radius 3 is 2.70 bits per heavy atom. The lowest BCUT2D eigenvalue weighted by Crippen LogP contribution is -2.11. The maximum Gasteiger partial charge on any atom is 0.248 e. The van der Waals surface area contributed by atoms with E-state index < -0.39 is 5.91 Å². The first-order valence-electron chi connectivity index (χ1n) is 5.73. The molecule has 0 heterocycles. The predicted octanol–water partition coefficient (Wildman–Crippen LogP) is 3.36. The first-order valence-corrected chi connectivity index (χ1v) is 6.90. The van der Waals surface area contributed by atoms with Gasteiger partial charge in [-0.25, -0.2) is 0 Å². The van der Waals surface area contributed by atoms with Crippen LogP contribution < -0.4 is 16.2 Å². The summed E-state index contributed by atoms with van der Waals surface area (Å²) >= 11 is 9.22. The number of carbonyl (C=O) groups is 1. The van der Waals surface area contributed by atoms with E-state index in [9.17, 15) is 4.79 Å². The molecule has 104 valence electrons. The van der Waals surface area contributed by atoms with E-state index in [4.69, 9.17) is 27.8 Å². The van der Waals surface area contributed by atoms with Crippen molar-refractivity contribution in [3.8, 4) is 5.75 Å². The van der Waals surface area contributed by atoms with Gasteiger partial charge in [0.2, 0.25) is 5.91 Å². The van der Waals surface area contributed by atoms with Crippen LogP contribution in [-0.2, 0) is 6.61 Å². The van der Waals surface area contributed by atoms with Gasteiger partial charge in [-0.15, -0.1) is 0 Å². The Labute approximate surface area is 129 Å². The Balaban J connectivity index is 2.17. The van der Waals surface area contributed by atoms with Crippen LogP contribution in [0.25, 0.3) is 0 Å². The molecule has 0 aliphatic heterocycles. The van der Waals surface area contributed by atoms with Gasteiger partial charge in [-0.05, 0) is 45.8 Å². The van der Waals surface area contributed by atoms with Crippen LogP contribution >= 0.6 is 27.5 Å². The third-order valence-electron chi connectivity index (χ3n) is 2.63. The minimum atomic E-state index is -0.473. The van der Waals surface area contributed by atoms with Crippen LogP contribution in [0.2, 0.25) is 5.02 Å². The van der Waals surface area contributed by atoms with Gasteiger partial charge in [0.1, 0.15) is 6.61 Å². The van der Waals surface area contributed by atoms with E-state index in [-0.39, 0.29) is 6.61 Å². The average Bonchev–Trinajstić information content (AvgIpc) is 2.37. The molecule has 0 aliphatic carbocycles. The van der Waals surface area contributed by atoms with Crippen molar-refractivity contribution >= 4 is 39.1 Å². The Hall–Kier alpha value is -1.72. The number of ether oxygens (including phenoxy) is 1. The van der Waals surface area contributed by atoms with Gasteiger partial charge in [-0.3, -0.25) is 4.79 Å². The van der Waals surface area contributed by atoms with Gasteiger partial charge in [-0.1, -0.05) is 23.7 Å². The lowest BCUT2D eigenvalue weighted by atomic mass is 10.1. The van der Waals surface area contributed by atoms with Gasteiger partial charge >= 0.3 is 0 Å². The van der Waals surface area contributed by atoms with Crippen LogP contribution in [0.4, 0.5) is 5.69 Å². The van der Waals surface area contributed by atoms with E-state index in [0.717, 1.165) is 5.56 Å². The van der Waals surface area contributed by atoms with Crippen molar-refractivity contribution in [3.05, 3.63) is 57.0 Å². The fraction of sp³-hybridized carbons (Fsp3) is 0.0714. The maximum absolute atomic E-state index is 11.1. The monoisotopic (exact) mass is 354 g/mol. The number of nitrogens with two attached hydrogens (primary N) is 2. The number of anilines is 1. The minimum Gasteiger partial charge on any atom is -0.486 e. The summed E-state index contributed by atoms with van der Waals surface area (Å²) < 4.78 is 6.34. The Bertz CT molecular complexity index is 638. The molecule has 0 atom stereocenters. The molecular weight excluding hydrogens is 344 g/mol. The van der Waals surface area contributed by atoms with Gasteiger partial charge in [0, 0.05) is 10.6 Å². The SMILES string of the molecule is NC(=O)c1cccc(COc2c(N)cc(Cl)cc2Br)c1. The quantitative estimate of drug-likeness (QED) is 0.825. The molecule has 0 saturated carbocycles. The van der Waals surface area contributed by atoms with Crippen LogP contribution in [0.3, 0.4) is 0 Å². The van der Waals surface area contributed by atoms with Crippen molar-refractivity contribution < 1.29 is 9.53 Å². The molecule has 20 heavy (non-hydrogen) atoms. The molecule has 0 aliphatic rings. The smallest absolute Gasteiger partial charge is 0.248 e. The molecule has 0 radical (unpaired) electrons. The molecule has 2 rings (SSSR count). The van der Waals surface area contributed by atoms with Gasteiger partial charge in [-0.2, -0.15) is 0 Å². The van der Waals surface area contributed by atoms with E-state index in [1.807, 2.05) is 6.07 Å². The van der Waals surface area contributed by atoms with E-state index >= 15 is 0 Å². The summed E-state index contributed by atoms with van der Waals surface area (Å²) in [4.78, 5) is 11.1. The molecule has 6 heteroatoms. The molecular formula is C14H12BrClN2O2. The minimum absolute atomic E-state index is 0.269. The largest absolute Gasteiger partial charge is 0.486 e. The fourth-order valence-electron chi connectivity index (χ4n) is 1.70. The highest BCUT2D eigenvalue weighted by molar-refractivity contribution is 9.10. The Morgan fingerprint density at radius 2 is 2.05 bits per heavy atom. The van der Waals surface area contributed by atoms with Crippen LogP contribution in [0.5, 0.6) is 5.75 Å². The van der Waals surface area contributed by atoms with E-state index in [2.05, 4.69) is 15.9 Å². The van der Waals surface area contributed by atoms with E-state index in [0.29, 0.717) is 26.5 Å². The zero-order valence-corrected chi connectivity index (χ0v) is 12.7. The molecule has 4 N–H and O–H groups in total. The summed E-state index contributed by atoms with van der Waals surface area (Å²) in [5.41, 5.74) is 12.8. The van der Waals surface area contributed by atoms with Crippen LogP contribution in [-0.4, -0.2) is 5.91 Å². The zero-order valence-electron chi connectivity index (χ0n) is 10.4. The molecule has 0 spiro atoms. The number of rotatable bonds is 4. The molecule has 2 aromatic rings. The number of halogens is 2. The van der Waals surface area contributed by atoms with Crippen molar-refractivity contribution in [1.29, 1.82) is 0 Å². The average molecular weight is 356 g/mol. The normalized spacial score (nSPS) is 10.3. The van der Waals surface area contributed by atoms with E-state index in [1.165, 1.54) is 0 Å². The fourth-order valence-corrected chi connectivity index (χ4v) is 2.65. The Kier molecular flexibility index (Phi) is 4.52. The topological polar surface area (TPSA) is 78.3 Å². The summed E-state index contributed by atoms with van der Waals surface area (Å²) in [6.07, 6.45) is 0. The predicted molar refractivity (Wildman–Crippen MR) is 82.9 cm³/mol. The first kappa shape index (κ1) is 14.7. The number of primary amides is 1. The molecule has 4 nitrogen and oxygen atoms in total. The number of nitrogen functional groups attached to an aromatic ring is 1. The molecule has 0 unspecified atom stereocenters. The molecule has 2 aromatic carbocycles. The molecule has 0 bridgehead atoms. The first-order chi connectivity index (χ1) is 9.47. The second kappa shape index (κ2) is 6.15. The van der Waals surface area contributed by atoms with Gasteiger partial charge in [0.15, 0.2) is 5.75 Å². The van der Waals surface area contributed by atoms with Crippen LogP contribution in [0, 0.1) is 0 Å². The van der Waals surface area contributed by atoms with Gasteiger partial charge in [0.25, 0.3) is 0 Å². The maximum atomic E-state index is 11.1. The van der Waals surface area contributed by atoms with E-state index in [1.54, 1.807) is 30.3 Å². The third-order valence-corrected chi connectivity index (χ3v) is 3.44. The van der Waals surface area contributed by atoms with Gasteiger partial charge < -0.3 is 16.2 Å². The number of benzene rings is 2. The summed E-state index contributed by atoms with van der Waals surface area (Å²) in [5.74, 6) is 0.0397. The summed E-state index contributed by atoms with van der Waals surface area (Å²) in [7, 11) is 0. The number of amides is 1. The summed E-state index contributed by atoms with van der Waals surface area (Å²) in [5, 5.41) is 0.525. The van der Waals surface area contributed by atoms with Crippen molar-refractivity contribution in [2.75, 3.05) is 5.73 Å². The standard InChI is InChI=1S/C14H12BrClN2O2/c15-11-5-10(16)6-12(17)13(11)20-7-8-2-1-3-9(4-8)14(18)19/h1-6H,7,17H2,(H2,18,19). The van der Waals surface area contributed by atoms with Crippen LogP contribution in [0.15, 0.2) is 40.9 Å².